The zero-order valence-corrected chi connectivity index (χ0v) is 15.6. The van der Waals surface area contributed by atoms with Gasteiger partial charge in [0.15, 0.2) is 0 Å². The normalized spacial score (nSPS) is 15.3. The highest BCUT2D eigenvalue weighted by Crippen LogP contribution is 2.24. The largest absolute Gasteiger partial charge is 0.337 e. The summed E-state index contributed by atoms with van der Waals surface area (Å²) in [6.45, 7) is 6.17. The summed E-state index contributed by atoms with van der Waals surface area (Å²) in [4.78, 5) is 15.9. The molecule has 0 radical (unpaired) electrons. The second-order valence-corrected chi connectivity index (χ2v) is 8.00. The molecule has 2 aromatic rings. The number of fused-ring (bicyclic) bond motifs is 1. The molecule has 2 heterocycles. The van der Waals surface area contributed by atoms with Crippen LogP contribution < -0.4 is 5.32 Å². The minimum Gasteiger partial charge on any atom is -0.337 e. The molecule has 1 aromatic heterocycles. The first-order valence-electron chi connectivity index (χ1n) is 8.84. The number of thiophene rings is 1. The van der Waals surface area contributed by atoms with Gasteiger partial charge in [-0.15, -0.1) is 11.3 Å². The molecule has 134 valence electrons. The van der Waals surface area contributed by atoms with Crippen molar-refractivity contribution in [2.45, 2.75) is 39.3 Å². The van der Waals surface area contributed by atoms with Crippen molar-refractivity contribution in [1.29, 1.82) is 0 Å². The Morgan fingerprint density at radius 1 is 1.28 bits per heavy atom. The maximum atomic E-state index is 13.1. The molecule has 1 atom stereocenters. The summed E-state index contributed by atoms with van der Waals surface area (Å²) in [5.74, 6) is 0.329. The zero-order valence-electron chi connectivity index (χ0n) is 14.8. The molecule has 0 fully saturated rings. The van der Waals surface area contributed by atoms with Crippen molar-refractivity contribution in [1.82, 2.24) is 10.2 Å². The summed E-state index contributed by atoms with van der Waals surface area (Å²) in [7, 11) is 0. The molecule has 0 spiro atoms. The van der Waals surface area contributed by atoms with E-state index in [9.17, 15) is 9.18 Å². The number of hydrogen-bond acceptors (Lipinski definition) is 3. The second-order valence-electron chi connectivity index (χ2n) is 7.00. The number of nitrogens with one attached hydrogen (secondary N) is 1. The van der Waals surface area contributed by atoms with E-state index in [4.69, 9.17) is 0 Å². The molecule has 25 heavy (non-hydrogen) atoms. The van der Waals surface area contributed by atoms with Gasteiger partial charge in [0.2, 0.25) is 5.91 Å². The molecular weight excluding hydrogens is 335 g/mol. The summed E-state index contributed by atoms with van der Waals surface area (Å²) in [6.07, 6.45) is 1.75. The summed E-state index contributed by atoms with van der Waals surface area (Å²) in [5, 5.41) is 5.52. The molecule has 0 saturated heterocycles. The fourth-order valence-electron chi connectivity index (χ4n) is 3.21. The van der Waals surface area contributed by atoms with Gasteiger partial charge in [-0.25, -0.2) is 4.39 Å². The van der Waals surface area contributed by atoms with E-state index in [-0.39, 0.29) is 17.8 Å². The van der Waals surface area contributed by atoms with Crippen LogP contribution in [0.5, 0.6) is 0 Å². The number of carbonyl (C=O) groups is 1. The zero-order chi connectivity index (χ0) is 17.8. The van der Waals surface area contributed by atoms with Crippen molar-refractivity contribution < 1.29 is 9.18 Å². The van der Waals surface area contributed by atoms with Crippen LogP contribution in [-0.4, -0.2) is 29.9 Å². The summed E-state index contributed by atoms with van der Waals surface area (Å²) < 4.78 is 13.1. The molecular formula is C20H25FN2OS. The van der Waals surface area contributed by atoms with Crippen molar-refractivity contribution in [2.75, 3.05) is 13.1 Å². The first-order valence-corrected chi connectivity index (χ1v) is 9.71. The van der Waals surface area contributed by atoms with Crippen LogP contribution in [0.2, 0.25) is 0 Å². The highest BCUT2D eigenvalue weighted by atomic mass is 32.1. The first kappa shape index (κ1) is 18.1. The van der Waals surface area contributed by atoms with Crippen LogP contribution in [0.1, 0.15) is 29.9 Å². The molecule has 0 bridgehead atoms. The van der Waals surface area contributed by atoms with Gasteiger partial charge in [0.05, 0.1) is 6.54 Å². The Morgan fingerprint density at radius 2 is 2.04 bits per heavy atom. The highest BCUT2D eigenvalue weighted by molar-refractivity contribution is 7.10. The maximum absolute atomic E-state index is 13.1. The maximum Gasteiger partial charge on any atom is 0.236 e. The molecule has 1 aliphatic rings. The van der Waals surface area contributed by atoms with E-state index in [1.807, 2.05) is 17.0 Å². The fourth-order valence-corrected chi connectivity index (χ4v) is 4.10. The molecule has 1 amide bonds. The van der Waals surface area contributed by atoms with Crippen LogP contribution in [0.3, 0.4) is 0 Å². The Balaban J connectivity index is 1.54. The van der Waals surface area contributed by atoms with Crippen molar-refractivity contribution in [2.24, 2.45) is 5.92 Å². The standard InChI is InChI=1S/C20H25FN2OS/c1-14(2)18(11-15-3-5-17(21)6-4-15)22-12-20(24)23-9-7-19-16(13-23)8-10-25-19/h3-6,8,10,14,18,22H,7,9,11-13H2,1-2H3/t18-/m0/s1. The van der Waals surface area contributed by atoms with E-state index >= 15 is 0 Å². The third-order valence-electron chi connectivity index (χ3n) is 4.85. The Labute approximate surface area is 152 Å². The van der Waals surface area contributed by atoms with Crippen molar-refractivity contribution in [3.8, 4) is 0 Å². The van der Waals surface area contributed by atoms with Crippen LogP contribution in [0.25, 0.3) is 0 Å². The minimum absolute atomic E-state index is 0.154. The Hall–Kier alpha value is -1.72. The predicted molar refractivity (Wildman–Crippen MR) is 100 cm³/mol. The van der Waals surface area contributed by atoms with Gasteiger partial charge in [-0.2, -0.15) is 0 Å². The van der Waals surface area contributed by atoms with Gasteiger partial charge in [0.25, 0.3) is 0 Å². The van der Waals surface area contributed by atoms with Crippen LogP contribution in [-0.2, 0) is 24.2 Å². The van der Waals surface area contributed by atoms with Gasteiger partial charge in [0.1, 0.15) is 5.82 Å². The number of rotatable bonds is 6. The summed E-state index contributed by atoms with van der Waals surface area (Å²) in [5.41, 5.74) is 2.37. The summed E-state index contributed by atoms with van der Waals surface area (Å²) >= 11 is 1.78. The average molecular weight is 360 g/mol. The van der Waals surface area contributed by atoms with E-state index in [1.165, 1.54) is 22.6 Å². The third-order valence-corrected chi connectivity index (χ3v) is 5.87. The molecule has 0 unspecified atom stereocenters. The molecule has 1 aliphatic heterocycles. The van der Waals surface area contributed by atoms with Crippen LogP contribution in [0, 0.1) is 11.7 Å². The molecule has 3 nitrogen and oxygen atoms in total. The number of hydrogen-bond donors (Lipinski definition) is 1. The second kappa shape index (κ2) is 8.11. The van der Waals surface area contributed by atoms with E-state index in [0.29, 0.717) is 12.5 Å². The van der Waals surface area contributed by atoms with E-state index in [1.54, 1.807) is 11.3 Å². The predicted octanol–water partition coefficient (Wildman–Crippen LogP) is 3.63. The van der Waals surface area contributed by atoms with Crippen molar-refractivity contribution in [3.63, 3.8) is 0 Å². The number of amides is 1. The van der Waals surface area contributed by atoms with E-state index in [2.05, 4.69) is 30.6 Å². The average Bonchev–Trinajstić information content (AvgIpc) is 3.07. The third kappa shape index (κ3) is 4.67. The van der Waals surface area contributed by atoms with Gasteiger partial charge < -0.3 is 10.2 Å². The Kier molecular flexibility index (Phi) is 5.86. The lowest BCUT2D eigenvalue weighted by molar-refractivity contribution is -0.131. The quantitative estimate of drug-likeness (QED) is 0.853. The lowest BCUT2D eigenvalue weighted by Crippen LogP contribution is -2.45. The first-order chi connectivity index (χ1) is 12.0. The molecule has 0 aliphatic carbocycles. The van der Waals surface area contributed by atoms with Crippen LogP contribution in [0.4, 0.5) is 4.39 Å². The number of nitrogens with zero attached hydrogens (tertiary/aromatic N) is 1. The van der Waals surface area contributed by atoms with E-state index in [0.717, 1.165) is 31.5 Å². The molecule has 5 heteroatoms. The molecule has 1 aromatic carbocycles. The van der Waals surface area contributed by atoms with Crippen LogP contribution >= 0.6 is 11.3 Å². The van der Waals surface area contributed by atoms with E-state index < -0.39 is 0 Å². The highest BCUT2D eigenvalue weighted by Gasteiger charge is 2.22. The molecule has 0 saturated carbocycles. The molecule has 3 rings (SSSR count). The SMILES string of the molecule is CC(C)[C@H](Cc1ccc(F)cc1)NCC(=O)N1CCc2sccc2C1. The fraction of sp³-hybridized carbons (Fsp3) is 0.450. The number of carbonyl (C=O) groups excluding carboxylic acids is 1. The van der Waals surface area contributed by atoms with Crippen molar-refractivity contribution in [3.05, 3.63) is 57.5 Å². The Morgan fingerprint density at radius 3 is 2.76 bits per heavy atom. The van der Waals surface area contributed by atoms with Gasteiger partial charge >= 0.3 is 0 Å². The van der Waals surface area contributed by atoms with Gasteiger partial charge in [-0.1, -0.05) is 26.0 Å². The van der Waals surface area contributed by atoms with Gasteiger partial charge in [-0.3, -0.25) is 4.79 Å². The van der Waals surface area contributed by atoms with Crippen LogP contribution in [0.15, 0.2) is 35.7 Å². The minimum atomic E-state index is -0.217. The molecule has 1 N–H and O–H groups in total. The topological polar surface area (TPSA) is 32.3 Å². The van der Waals surface area contributed by atoms with Crippen molar-refractivity contribution >= 4 is 17.2 Å². The lowest BCUT2D eigenvalue weighted by atomic mass is 9.96. The monoisotopic (exact) mass is 360 g/mol. The Bertz CT molecular complexity index is 711. The van der Waals surface area contributed by atoms with Gasteiger partial charge in [-0.05, 0) is 53.5 Å². The lowest BCUT2D eigenvalue weighted by Gasteiger charge is -2.29. The summed E-state index contributed by atoms with van der Waals surface area (Å²) in [6, 6.07) is 8.93. The van der Waals surface area contributed by atoms with Gasteiger partial charge in [0, 0.05) is 24.0 Å². The number of benzene rings is 1. The smallest absolute Gasteiger partial charge is 0.236 e. The number of halogens is 1.